The van der Waals surface area contributed by atoms with Crippen LogP contribution in [0.1, 0.15) is 258 Å². The molecule has 4 heteroatoms. The number of carbonyl (C=O) groups is 1. The van der Waals surface area contributed by atoms with Crippen molar-refractivity contribution >= 4 is 5.91 Å². The van der Waals surface area contributed by atoms with E-state index in [9.17, 15) is 15.0 Å². The number of amides is 1. The van der Waals surface area contributed by atoms with Crippen LogP contribution in [0.2, 0.25) is 0 Å². The minimum Gasteiger partial charge on any atom is -0.394 e. The van der Waals surface area contributed by atoms with Crippen molar-refractivity contribution in [2.24, 2.45) is 0 Å². The second kappa shape index (κ2) is 51.2. The molecule has 0 aromatic heterocycles. The van der Waals surface area contributed by atoms with E-state index in [1.54, 1.807) is 6.08 Å². The summed E-state index contributed by atoms with van der Waals surface area (Å²) < 4.78 is 0. The fourth-order valence-corrected chi connectivity index (χ4v) is 7.78. The van der Waals surface area contributed by atoms with E-state index < -0.39 is 12.1 Å². The summed E-state index contributed by atoms with van der Waals surface area (Å²) in [5.74, 6) is -0.191. The maximum Gasteiger partial charge on any atom is 0.224 e. The summed E-state index contributed by atoms with van der Waals surface area (Å²) >= 11 is 0. The predicted molar refractivity (Wildman–Crippen MR) is 267 cm³/mol. The predicted octanol–water partition coefficient (Wildman–Crippen LogP) is 17.0. The lowest BCUT2D eigenvalue weighted by Crippen LogP contribution is -2.44. The standard InChI is InChI=1S/C56H101NO3/c1-3-5-7-9-11-13-15-17-19-20-21-22-23-24-25-26-27-28-29-30-31-32-33-34-35-36-38-39-41-43-45-47-49-51-55(59)54(53-58)57-56(60)52-50-48-46-44-42-40-37-18-16-14-12-10-8-6-4-2/h6,8,12,14,18,37,42,44,48-51,54-55,58-59H,3-5,7,9-11,13,15-17,19-36,38-41,43,45-47,52-53H2,1-2H3,(H,57,60)/b8-6-,14-12-,37-18-,44-42-,50-48-,51-49+. The number of carbonyl (C=O) groups excluding carboxylic acids is 1. The maximum absolute atomic E-state index is 12.3. The Balaban J connectivity index is 3.51. The monoisotopic (exact) mass is 836 g/mol. The largest absolute Gasteiger partial charge is 0.394 e. The van der Waals surface area contributed by atoms with E-state index in [1.807, 2.05) is 18.2 Å². The Kier molecular flexibility index (Phi) is 49.3. The van der Waals surface area contributed by atoms with Gasteiger partial charge in [-0.1, -0.05) is 279 Å². The SMILES string of the molecule is CC/C=C\C/C=C\C/C=C\C/C=C\C/C=C\CC(=O)NC(CO)C(O)/C=C/CCCCCCCCCCCCCCCCCCCCCCCCCCCCCCCCC. The van der Waals surface area contributed by atoms with Crippen molar-refractivity contribution in [3.05, 3.63) is 72.9 Å². The van der Waals surface area contributed by atoms with Crippen molar-refractivity contribution in [3.8, 4) is 0 Å². The van der Waals surface area contributed by atoms with Gasteiger partial charge in [0.05, 0.1) is 18.8 Å². The van der Waals surface area contributed by atoms with Crippen molar-refractivity contribution in [3.63, 3.8) is 0 Å². The Labute approximate surface area is 374 Å². The molecule has 3 N–H and O–H groups in total. The minimum absolute atomic E-state index is 0.191. The molecule has 0 aliphatic heterocycles. The number of hydrogen-bond acceptors (Lipinski definition) is 3. The summed E-state index contributed by atoms with van der Waals surface area (Å²) in [5.41, 5.74) is 0. The summed E-state index contributed by atoms with van der Waals surface area (Å²) in [4.78, 5) is 12.3. The normalized spacial score (nSPS) is 13.5. The van der Waals surface area contributed by atoms with Crippen molar-refractivity contribution in [1.29, 1.82) is 0 Å². The van der Waals surface area contributed by atoms with Crippen LogP contribution in [0, 0.1) is 0 Å². The zero-order valence-corrected chi connectivity index (χ0v) is 40.0. The summed E-state index contributed by atoms with van der Waals surface area (Å²) in [5, 5.41) is 23.0. The summed E-state index contributed by atoms with van der Waals surface area (Å²) in [6, 6.07) is -0.681. The first-order chi connectivity index (χ1) is 29.7. The average molecular weight is 836 g/mol. The second-order valence-electron chi connectivity index (χ2n) is 17.6. The van der Waals surface area contributed by atoms with Gasteiger partial charge in [-0.3, -0.25) is 4.79 Å². The number of unbranched alkanes of at least 4 members (excludes halogenated alkanes) is 31. The molecule has 2 unspecified atom stereocenters. The van der Waals surface area contributed by atoms with E-state index in [0.29, 0.717) is 0 Å². The molecule has 60 heavy (non-hydrogen) atoms. The molecule has 348 valence electrons. The van der Waals surface area contributed by atoms with Gasteiger partial charge in [0.15, 0.2) is 0 Å². The zero-order valence-electron chi connectivity index (χ0n) is 40.0. The van der Waals surface area contributed by atoms with Crippen LogP contribution in [0.25, 0.3) is 0 Å². The molecule has 0 radical (unpaired) electrons. The lowest BCUT2D eigenvalue weighted by atomic mass is 10.0. The highest BCUT2D eigenvalue weighted by Crippen LogP contribution is 2.17. The molecule has 0 aromatic rings. The van der Waals surface area contributed by atoms with E-state index in [-0.39, 0.29) is 18.9 Å². The van der Waals surface area contributed by atoms with Gasteiger partial charge in [-0.05, 0) is 44.9 Å². The van der Waals surface area contributed by atoms with Gasteiger partial charge in [-0.15, -0.1) is 0 Å². The van der Waals surface area contributed by atoms with E-state index in [1.165, 1.54) is 193 Å². The molecule has 0 heterocycles. The van der Waals surface area contributed by atoms with Gasteiger partial charge in [-0.25, -0.2) is 0 Å². The Morgan fingerprint density at radius 3 is 1.03 bits per heavy atom. The van der Waals surface area contributed by atoms with Gasteiger partial charge in [0, 0.05) is 6.42 Å². The van der Waals surface area contributed by atoms with Gasteiger partial charge >= 0.3 is 0 Å². The van der Waals surface area contributed by atoms with Gasteiger partial charge in [0.2, 0.25) is 5.91 Å². The Morgan fingerprint density at radius 2 is 0.717 bits per heavy atom. The third-order valence-corrected chi connectivity index (χ3v) is 11.7. The van der Waals surface area contributed by atoms with Crippen LogP contribution in [-0.2, 0) is 4.79 Å². The van der Waals surface area contributed by atoms with Crippen molar-refractivity contribution in [2.45, 2.75) is 270 Å². The third kappa shape index (κ3) is 46.9. The molecular formula is C56H101NO3. The topological polar surface area (TPSA) is 69.6 Å². The molecule has 0 aliphatic carbocycles. The first-order valence-corrected chi connectivity index (χ1v) is 26.2. The molecule has 2 atom stereocenters. The van der Waals surface area contributed by atoms with E-state index in [2.05, 4.69) is 67.8 Å². The van der Waals surface area contributed by atoms with Gasteiger partial charge < -0.3 is 15.5 Å². The third-order valence-electron chi connectivity index (χ3n) is 11.7. The molecule has 0 aromatic carbocycles. The molecule has 0 saturated carbocycles. The summed E-state index contributed by atoms with van der Waals surface area (Å²) in [6.07, 6.45) is 73.8. The van der Waals surface area contributed by atoms with Gasteiger partial charge in [-0.2, -0.15) is 0 Å². The van der Waals surface area contributed by atoms with E-state index >= 15 is 0 Å². The Hall–Kier alpha value is -2.17. The molecule has 0 rings (SSSR count). The molecule has 4 nitrogen and oxygen atoms in total. The molecule has 0 saturated heterocycles. The molecule has 0 bridgehead atoms. The molecule has 0 spiro atoms. The fraction of sp³-hybridized carbons (Fsp3) is 0.768. The highest BCUT2D eigenvalue weighted by atomic mass is 16.3. The Morgan fingerprint density at radius 1 is 0.417 bits per heavy atom. The average Bonchev–Trinajstić information content (AvgIpc) is 3.25. The lowest BCUT2D eigenvalue weighted by Gasteiger charge is -2.19. The van der Waals surface area contributed by atoms with E-state index in [4.69, 9.17) is 0 Å². The number of hydrogen-bond donors (Lipinski definition) is 3. The number of aliphatic hydroxyl groups excluding tert-OH is 2. The van der Waals surface area contributed by atoms with Crippen LogP contribution in [0.4, 0.5) is 0 Å². The van der Waals surface area contributed by atoms with Crippen LogP contribution in [0.15, 0.2) is 72.9 Å². The smallest absolute Gasteiger partial charge is 0.224 e. The van der Waals surface area contributed by atoms with E-state index in [0.717, 1.165) is 44.9 Å². The van der Waals surface area contributed by atoms with Crippen LogP contribution < -0.4 is 5.32 Å². The van der Waals surface area contributed by atoms with Gasteiger partial charge in [0.25, 0.3) is 0 Å². The fourth-order valence-electron chi connectivity index (χ4n) is 7.78. The highest BCUT2D eigenvalue weighted by Gasteiger charge is 2.17. The zero-order chi connectivity index (χ0) is 43.5. The molecular weight excluding hydrogens is 735 g/mol. The number of nitrogens with one attached hydrogen (secondary N) is 1. The van der Waals surface area contributed by atoms with Crippen molar-refractivity contribution in [1.82, 2.24) is 5.32 Å². The lowest BCUT2D eigenvalue weighted by molar-refractivity contribution is -0.122. The molecule has 1 amide bonds. The number of rotatable bonds is 47. The van der Waals surface area contributed by atoms with Crippen molar-refractivity contribution < 1.29 is 15.0 Å². The number of allylic oxidation sites excluding steroid dienone is 10. The minimum atomic E-state index is -0.884. The van der Waals surface area contributed by atoms with Crippen LogP contribution in [-0.4, -0.2) is 34.9 Å². The number of aliphatic hydroxyl groups is 2. The van der Waals surface area contributed by atoms with Gasteiger partial charge in [0.1, 0.15) is 0 Å². The second-order valence-corrected chi connectivity index (χ2v) is 17.6. The summed E-state index contributed by atoms with van der Waals surface area (Å²) in [6.45, 7) is 4.16. The highest BCUT2D eigenvalue weighted by molar-refractivity contribution is 5.77. The van der Waals surface area contributed by atoms with Crippen LogP contribution >= 0.6 is 0 Å². The van der Waals surface area contributed by atoms with Crippen LogP contribution in [0.3, 0.4) is 0 Å². The maximum atomic E-state index is 12.3. The Bertz CT molecular complexity index is 1040. The quantitative estimate of drug-likeness (QED) is 0.0422. The summed E-state index contributed by atoms with van der Waals surface area (Å²) in [7, 11) is 0. The molecule has 0 aliphatic rings. The van der Waals surface area contributed by atoms with Crippen molar-refractivity contribution in [2.75, 3.05) is 6.61 Å². The first-order valence-electron chi connectivity index (χ1n) is 26.2. The molecule has 0 fully saturated rings. The first kappa shape index (κ1) is 57.8. The van der Waals surface area contributed by atoms with Crippen LogP contribution in [0.5, 0.6) is 0 Å².